The monoisotopic (exact) mass is 227 g/mol. The number of hydrogen-bond acceptors (Lipinski definition) is 4. The highest BCUT2D eigenvalue weighted by molar-refractivity contribution is 5.51. The van der Waals surface area contributed by atoms with Gasteiger partial charge in [-0.25, -0.2) is 9.67 Å². The molecule has 0 fully saturated rings. The topological polar surface area (TPSA) is 67.4 Å². The van der Waals surface area contributed by atoms with Crippen molar-refractivity contribution < 1.29 is 0 Å². The number of aryl methyl sites for hydroxylation is 4. The fourth-order valence-corrected chi connectivity index (χ4v) is 1.86. The molecule has 0 bridgehead atoms. The highest BCUT2D eigenvalue weighted by Gasteiger charge is 2.13. The normalized spacial score (nSPS) is 10.3. The summed E-state index contributed by atoms with van der Waals surface area (Å²) in [4.78, 5) is 8.53. The minimum atomic E-state index is 0.545. The molecular weight excluding hydrogens is 214 g/mol. The van der Waals surface area contributed by atoms with Gasteiger partial charge >= 0.3 is 0 Å². The van der Waals surface area contributed by atoms with Gasteiger partial charge in [-0.2, -0.15) is 10.4 Å². The van der Waals surface area contributed by atoms with Crippen LogP contribution in [0, 0.1) is 39.0 Å². The first-order valence-electron chi connectivity index (χ1n) is 5.32. The van der Waals surface area contributed by atoms with Crippen molar-refractivity contribution >= 4 is 0 Å². The SMILES string of the molecule is Cc1cc(-n2nc(C)nc2C)c(C#N)c(C)n1. The molecule has 0 saturated carbocycles. The number of nitriles is 1. The quantitative estimate of drug-likeness (QED) is 0.744. The van der Waals surface area contributed by atoms with Crippen LogP contribution in [-0.2, 0) is 0 Å². The molecule has 2 aromatic rings. The van der Waals surface area contributed by atoms with E-state index in [1.54, 1.807) is 4.68 Å². The highest BCUT2D eigenvalue weighted by atomic mass is 15.3. The molecule has 5 nitrogen and oxygen atoms in total. The smallest absolute Gasteiger partial charge is 0.148 e. The molecule has 2 rings (SSSR count). The van der Waals surface area contributed by atoms with Crippen molar-refractivity contribution in [3.63, 3.8) is 0 Å². The van der Waals surface area contributed by atoms with E-state index in [0.717, 1.165) is 22.9 Å². The van der Waals surface area contributed by atoms with Crippen LogP contribution in [-0.4, -0.2) is 19.7 Å². The zero-order chi connectivity index (χ0) is 12.6. The molecule has 0 aromatic carbocycles. The second-order valence-electron chi connectivity index (χ2n) is 3.97. The number of hydrogen-bond donors (Lipinski definition) is 0. The standard InChI is InChI=1S/C12H13N5/c1-7-5-12(11(6-13)8(2)14-7)17-10(4)15-9(3)16-17/h5H,1-4H3. The fraction of sp³-hybridized carbons (Fsp3) is 0.333. The van der Waals surface area contributed by atoms with Gasteiger partial charge < -0.3 is 0 Å². The summed E-state index contributed by atoms with van der Waals surface area (Å²) in [5.41, 5.74) is 2.87. The zero-order valence-electron chi connectivity index (χ0n) is 10.3. The Bertz CT molecular complexity index is 619. The van der Waals surface area contributed by atoms with Crippen molar-refractivity contribution in [1.82, 2.24) is 19.7 Å². The van der Waals surface area contributed by atoms with E-state index in [1.165, 1.54) is 0 Å². The molecule has 2 aromatic heterocycles. The van der Waals surface area contributed by atoms with Gasteiger partial charge in [0.05, 0.1) is 16.9 Å². The first kappa shape index (κ1) is 11.3. The Hall–Kier alpha value is -2.22. The van der Waals surface area contributed by atoms with Crippen LogP contribution < -0.4 is 0 Å². The zero-order valence-corrected chi connectivity index (χ0v) is 10.3. The Kier molecular flexibility index (Phi) is 2.64. The summed E-state index contributed by atoms with van der Waals surface area (Å²) in [6.45, 7) is 7.42. The summed E-state index contributed by atoms with van der Waals surface area (Å²) in [7, 11) is 0. The van der Waals surface area contributed by atoms with E-state index in [2.05, 4.69) is 21.1 Å². The molecule has 17 heavy (non-hydrogen) atoms. The maximum Gasteiger partial charge on any atom is 0.148 e. The lowest BCUT2D eigenvalue weighted by Crippen LogP contribution is -2.06. The van der Waals surface area contributed by atoms with E-state index in [9.17, 15) is 5.26 Å². The first-order valence-corrected chi connectivity index (χ1v) is 5.32. The summed E-state index contributed by atoms with van der Waals surface area (Å²) in [6, 6.07) is 4.03. The van der Waals surface area contributed by atoms with Gasteiger partial charge in [0.1, 0.15) is 17.7 Å². The van der Waals surface area contributed by atoms with Gasteiger partial charge in [0.15, 0.2) is 0 Å². The number of aromatic nitrogens is 4. The lowest BCUT2D eigenvalue weighted by atomic mass is 10.1. The maximum atomic E-state index is 9.20. The van der Waals surface area contributed by atoms with E-state index < -0.39 is 0 Å². The van der Waals surface area contributed by atoms with Gasteiger partial charge in [-0.05, 0) is 33.8 Å². The Morgan fingerprint density at radius 3 is 2.41 bits per heavy atom. The molecule has 0 atom stereocenters. The predicted molar refractivity (Wildman–Crippen MR) is 62.8 cm³/mol. The van der Waals surface area contributed by atoms with Crippen molar-refractivity contribution in [2.24, 2.45) is 0 Å². The molecule has 0 N–H and O–H groups in total. The average Bonchev–Trinajstić information content (AvgIpc) is 2.56. The molecule has 0 aliphatic carbocycles. The second-order valence-corrected chi connectivity index (χ2v) is 3.97. The second kappa shape index (κ2) is 3.98. The molecule has 86 valence electrons. The minimum absolute atomic E-state index is 0.545. The molecule has 0 spiro atoms. The fourth-order valence-electron chi connectivity index (χ4n) is 1.86. The number of pyridine rings is 1. The van der Waals surface area contributed by atoms with Gasteiger partial charge in [0, 0.05) is 5.69 Å². The van der Waals surface area contributed by atoms with Crippen LogP contribution in [0.5, 0.6) is 0 Å². The van der Waals surface area contributed by atoms with Gasteiger partial charge in [-0.15, -0.1) is 0 Å². The Morgan fingerprint density at radius 1 is 1.18 bits per heavy atom. The summed E-state index contributed by atoms with van der Waals surface area (Å²) < 4.78 is 1.69. The summed E-state index contributed by atoms with van der Waals surface area (Å²) >= 11 is 0. The third kappa shape index (κ3) is 1.89. The third-order valence-electron chi connectivity index (χ3n) is 2.52. The van der Waals surface area contributed by atoms with Gasteiger partial charge in [0.25, 0.3) is 0 Å². The molecule has 0 radical (unpaired) electrons. The Morgan fingerprint density at radius 2 is 1.88 bits per heavy atom. The molecule has 0 amide bonds. The minimum Gasteiger partial charge on any atom is -0.257 e. The lowest BCUT2D eigenvalue weighted by Gasteiger charge is -2.08. The molecule has 0 aliphatic rings. The van der Waals surface area contributed by atoms with Crippen LogP contribution >= 0.6 is 0 Å². The van der Waals surface area contributed by atoms with Gasteiger partial charge in [-0.3, -0.25) is 4.98 Å². The van der Waals surface area contributed by atoms with Crippen molar-refractivity contribution in [3.8, 4) is 11.8 Å². The molecule has 5 heteroatoms. The van der Waals surface area contributed by atoms with Gasteiger partial charge in [0.2, 0.25) is 0 Å². The van der Waals surface area contributed by atoms with Gasteiger partial charge in [-0.1, -0.05) is 0 Å². The third-order valence-corrected chi connectivity index (χ3v) is 2.52. The first-order chi connectivity index (χ1) is 8.02. The number of nitrogens with zero attached hydrogens (tertiary/aromatic N) is 5. The van der Waals surface area contributed by atoms with E-state index in [0.29, 0.717) is 11.4 Å². The van der Waals surface area contributed by atoms with E-state index in [-0.39, 0.29) is 0 Å². The molecule has 0 aliphatic heterocycles. The summed E-state index contributed by atoms with van der Waals surface area (Å²) in [6.07, 6.45) is 0. The van der Waals surface area contributed by atoms with Crippen LogP contribution in [0.3, 0.4) is 0 Å². The molecular formula is C12H13N5. The van der Waals surface area contributed by atoms with Crippen LogP contribution in [0.25, 0.3) is 5.69 Å². The molecule has 0 unspecified atom stereocenters. The lowest BCUT2D eigenvalue weighted by molar-refractivity contribution is 0.821. The van der Waals surface area contributed by atoms with Crippen LogP contribution in [0.2, 0.25) is 0 Å². The molecule has 2 heterocycles. The van der Waals surface area contributed by atoms with Crippen molar-refractivity contribution in [1.29, 1.82) is 5.26 Å². The van der Waals surface area contributed by atoms with Crippen molar-refractivity contribution in [2.75, 3.05) is 0 Å². The maximum absolute atomic E-state index is 9.20. The van der Waals surface area contributed by atoms with E-state index >= 15 is 0 Å². The van der Waals surface area contributed by atoms with Crippen molar-refractivity contribution in [3.05, 3.63) is 34.7 Å². The summed E-state index contributed by atoms with van der Waals surface area (Å²) in [5, 5.41) is 13.5. The van der Waals surface area contributed by atoms with Crippen molar-refractivity contribution in [2.45, 2.75) is 27.7 Å². The summed E-state index contributed by atoms with van der Waals surface area (Å²) in [5.74, 6) is 1.46. The predicted octanol–water partition coefficient (Wildman–Crippen LogP) is 1.77. The molecule has 0 saturated heterocycles. The van der Waals surface area contributed by atoms with Crippen LogP contribution in [0.1, 0.15) is 28.6 Å². The van der Waals surface area contributed by atoms with E-state index in [1.807, 2.05) is 33.8 Å². The van der Waals surface area contributed by atoms with Crippen LogP contribution in [0.4, 0.5) is 0 Å². The number of rotatable bonds is 1. The Labute approximate surface area is 99.8 Å². The largest absolute Gasteiger partial charge is 0.257 e. The average molecular weight is 227 g/mol. The van der Waals surface area contributed by atoms with Crippen LogP contribution in [0.15, 0.2) is 6.07 Å². The highest BCUT2D eigenvalue weighted by Crippen LogP contribution is 2.18. The Balaban J connectivity index is 2.75. The van der Waals surface area contributed by atoms with E-state index in [4.69, 9.17) is 0 Å².